The van der Waals surface area contributed by atoms with Crippen LogP contribution < -0.4 is 5.32 Å². The molecule has 0 saturated carbocycles. The van der Waals surface area contributed by atoms with Crippen LogP contribution in [0.1, 0.15) is 28.2 Å². The first-order valence-corrected chi connectivity index (χ1v) is 5.81. The number of aromatic nitrogens is 3. The molecule has 0 aliphatic heterocycles. The summed E-state index contributed by atoms with van der Waals surface area (Å²) < 4.78 is 1.58. The van der Waals surface area contributed by atoms with Crippen LogP contribution in [0.15, 0.2) is 12.3 Å². The molecule has 2 aromatic heterocycles. The first-order chi connectivity index (χ1) is 8.99. The molecule has 0 bridgehead atoms. The topological polar surface area (TPSA) is 96.6 Å². The Morgan fingerprint density at radius 3 is 2.84 bits per heavy atom. The van der Waals surface area contributed by atoms with E-state index in [9.17, 15) is 9.59 Å². The summed E-state index contributed by atoms with van der Waals surface area (Å²) in [5.41, 5.74) is 2.50. The number of hydrogen-bond acceptors (Lipinski definition) is 4. The molecule has 0 aliphatic carbocycles. The number of aryl methyl sites for hydroxylation is 2. The van der Waals surface area contributed by atoms with E-state index in [0.29, 0.717) is 11.2 Å². The molecule has 7 heteroatoms. The monoisotopic (exact) mass is 262 g/mol. The molecule has 0 radical (unpaired) electrons. The molecule has 0 fully saturated rings. The molecule has 0 atom stereocenters. The van der Waals surface area contributed by atoms with Crippen molar-refractivity contribution in [1.29, 1.82) is 0 Å². The van der Waals surface area contributed by atoms with Gasteiger partial charge in [-0.05, 0) is 19.9 Å². The number of carbonyl (C=O) groups is 2. The number of amides is 1. The van der Waals surface area contributed by atoms with Crippen LogP contribution in [0.5, 0.6) is 0 Å². The summed E-state index contributed by atoms with van der Waals surface area (Å²) in [7, 11) is 0. The van der Waals surface area contributed by atoms with Crippen molar-refractivity contribution in [3.63, 3.8) is 0 Å². The SMILES string of the molecule is Cc1cc(C)n2ncc(C(=O)NCCC(=O)O)c2n1. The zero-order valence-corrected chi connectivity index (χ0v) is 10.7. The minimum absolute atomic E-state index is 0.0797. The first-order valence-electron chi connectivity index (χ1n) is 5.81. The highest BCUT2D eigenvalue weighted by Gasteiger charge is 2.15. The molecule has 19 heavy (non-hydrogen) atoms. The molecule has 2 N–H and O–H groups in total. The van der Waals surface area contributed by atoms with Gasteiger partial charge in [-0.2, -0.15) is 5.10 Å². The Bertz CT molecular complexity index is 648. The molecule has 0 aromatic carbocycles. The highest BCUT2D eigenvalue weighted by Crippen LogP contribution is 2.11. The van der Waals surface area contributed by atoms with Crippen molar-refractivity contribution in [3.05, 3.63) is 29.2 Å². The van der Waals surface area contributed by atoms with Crippen molar-refractivity contribution in [1.82, 2.24) is 19.9 Å². The predicted octanol–water partition coefficient (Wildman–Crippen LogP) is 0.551. The molecule has 0 unspecified atom stereocenters. The number of hydrogen-bond donors (Lipinski definition) is 2. The Morgan fingerprint density at radius 1 is 1.42 bits per heavy atom. The zero-order valence-electron chi connectivity index (χ0n) is 10.7. The summed E-state index contributed by atoms with van der Waals surface area (Å²) in [5, 5.41) is 15.2. The smallest absolute Gasteiger partial charge is 0.305 e. The van der Waals surface area contributed by atoms with E-state index in [-0.39, 0.29) is 18.9 Å². The maximum absolute atomic E-state index is 11.9. The Morgan fingerprint density at radius 2 is 2.16 bits per heavy atom. The van der Waals surface area contributed by atoms with E-state index in [2.05, 4.69) is 15.4 Å². The number of carboxylic acid groups (broad SMARTS) is 1. The van der Waals surface area contributed by atoms with Gasteiger partial charge in [-0.25, -0.2) is 9.50 Å². The zero-order chi connectivity index (χ0) is 14.0. The van der Waals surface area contributed by atoms with Crippen molar-refractivity contribution in [2.75, 3.05) is 6.54 Å². The third-order valence-corrected chi connectivity index (χ3v) is 2.65. The standard InChI is InChI=1S/C12H14N4O3/c1-7-5-8(2)16-11(15-7)9(6-14-16)12(19)13-4-3-10(17)18/h5-6H,3-4H2,1-2H3,(H,13,19)(H,17,18). The molecular formula is C12H14N4O3. The van der Waals surface area contributed by atoms with E-state index >= 15 is 0 Å². The number of nitrogens with zero attached hydrogens (tertiary/aromatic N) is 3. The lowest BCUT2D eigenvalue weighted by Gasteiger charge is -2.03. The maximum atomic E-state index is 11.9. The van der Waals surface area contributed by atoms with Crippen molar-refractivity contribution in [2.45, 2.75) is 20.3 Å². The van der Waals surface area contributed by atoms with Gasteiger partial charge in [-0.1, -0.05) is 0 Å². The Balaban J connectivity index is 2.25. The van der Waals surface area contributed by atoms with Crippen molar-refractivity contribution < 1.29 is 14.7 Å². The number of rotatable bonds is 4. The molecule has 2 rings (SSSR count). The van der Waals surface area contributed by atoms with Crippen LogP contribution in [0.3, 0.4) is 0 Å². The number of nitrogens with one attached hydrogen (secondary N) is 1. The largest absolute Gasteiger partial charge is 0.481 e. The van der Waals surface area contributed by atoms with E-state index in [0.717, 1.165) is 11.4 Å². The van der Waals surface area contributed by atoms with E-state index in [1.54, 1.807) is 4.52 Å². The van der Waals surface area contributed by atoms with Crippen LogP contribution in [0.4, 0.5) is 0 Å². The summed E-state index contributed by atoms with van der Waals surface area (Å²) in [6.07, 6.45) is 1.32. The summed E-state index contributed by atoms with van der Waals surface area (Å²) in [6.45, 7) is 3.79. The molecular weight excluding hydrogens is 248 g/mol. The average Bonchev–Trinajstić information content (AvgIpc) is 2.72. The molecule has 7 nitrogen and oxygen atoms in total. The van der Waals surface area contributed by atoms with Crippen LogP contribution >= 0.6 is 0 Å². The fourth-order valence-corrected chi connectivity index (χ4v) is 1.81. The quantitative estimate of drug-likeness (QED) is 0.838. The first kappa shape index (κ1) is 13.0. The van der Waals surface area contributed by atoms with E-state index in [1.807, 2.05) is 19.9 Å². The number of fused-ring (bicyclic) bond motifs is 1. The fraction of sp³-hybridized carbons (Fsp3) is 0.333. The van der Waals surface area contributed by atoms with Gasteiger partial charge in [0.05, 0.1) is 12.6 Å². The minimum atomic E-state index is -0.954. The molecule has 2 heterocycles. The van der Waals surface area contributed by atoms with Gasteiger partial charge in [0.15, 0.2) is 5.65 Å². The summed E-state index contributed by atoms with van der Waals surface area (Å²) >= 11 is 0. The number of carboxylic acids is 1. The fourth-order valence-electron chi connectivity index (χ4n) is 1.81. The van der Waals surface area contributed by atoms with Gasteiger partial charge < -0.3 is 10.4 Å². The predicted molar refractivity (Wildman–Crippen MR) is 67.0 cm³/mol. The molecule has 0 aliphatic rings. The van der Waals surface area contributed by atoms with Gasteiger partial charge in [-0.3, -0.25) is 9.59 Å². The van der Waals surface area contributed by atoms with Crippen LogP contribution in [0.2, 0.25) is 0 Å². The lowest BCUT2D eigenvalue weighted by molar-refractivity contribution is -0.136. The third kappa shape index (κ3) is 2.70. The second-order valence-corrected chi connectivity index (χ2v) is 4.23. The second kappa shape index (κ2) is 5.05. The van der Waals surface area contributed by atoms with Crippen LogP contribution in [0.25, 0.3) is 5.65 Å². The van der Waals surface area contributed by atoms with Gasteiger partial charge in [0, 0.05) is 17.9 Å². The van der Waals surface area contributed by atoms with E-state index < -0.39 is 5.97 Å². The molecule has 1 amide bonds. The Kier molecular flexibility index (Phi) is 3.46. The lowest BCUT2D eigenvalue weighted by Crippen LogP contribution is -2.26. The highest BCUT2D eigenvalue weighted by atomic mass is 16.4. The molecule has 0 spiro atoms. The van der Waals surface area contributed by atoms with Gasteiger partial charge in [0.2, 0.25) is 0 Å². The van der Waals surface area contributed by atoms with Gasteiger partial charge in [0.1, 0.15) is 5.56 Å². The van der Waals surface area contributed by atoms with Crippen molar-refractivity contribution in [3.8, 4) is 0 Å². The minimum Gasteiger partial charge on any atom is -0.481 e. The summed E-state index contributed by atoms with van der Waals surface area (Å²) in [4.78, 5) is 26.6. The van der Waals surface area contributed by atoms with Crippen LogP contribution in [-0.2, 0) is 4.79 Å². The van der Waals surface area contributed by atoms with Crippen LogP contribution in [-0.4, -0.2) is 38.1 Å². The number of aliphatic carboxylic acids is 1. The van der Waals surface area contributed by atoms with Gasteiger partial charge in [0.25, 0.3) is 5.91 Å². The Hall–Kier alpha value is -2.44. The normalized spacial score (nSPS) is 10.6. The molecule has 0 saturated heterocycles. The highest BCUT2D eigenvalue weighted by molar-refractivity contribution is 5.99. The molecule has 100 valence electrons. The van der Waals surface area contributed by atoms with Crippen molar-refractivity contribution in [2.24, 2.45) is 0 Å². The van der Waals surface area contributed by atoms with Gasteiger partial charge in [-0.15, -0.1) is 0 Å². The summed E-state index contributed by atoms with van der Waals surface area (Å²) in [6, 6.07) is 1.87. The molecule has 2 aromatic rings. The Labute approximate surface area is 109 Å². The third-order valence-electron chi connectivity index (χ3n) is 2.65. The maximum Gasteiger partial charge on any atom is 0.305 e. The van der Waals surface area contributed by atoms with E-state index in [4.69, 9.17) is 5.11 Å². The van der Waals surface area contributed by atoms with Gasteiger partial charge >= 0.3 is 5.97 Å². The van der Waals surface area contributed by atoms with Crippen LogP contribution in [0, 0.1) is 13.8 Å². The van der Waals surface area contributed by atoms with Crippen molar-refractivity contribution >= 4 is 17.5 Å². The average molecular weight is 262 g/mol. The second-order valence-electron chi connectivity index (χ2n) is 4.23. The lowest BCUT2D eigenvalue weighted by atomic mass is 10.3. The summed E-state index contributed by atoms with van der Waals surface area (Å²) in [5.74, 6) is -1.32. The van der Waals surface area contributed by atoms with E-state index in [1.165, 1.54) is 6.20 Å². The number of carbonyl (C=O) groups excluding carboxylic acids is 1.